The van der Waals surface area contributed by atoms with E-state index >= 15 is 0 Å². The van der Waals surface area contributed by atoms with Crippen LogP contribution in [0.5, 0.6) is 0 Å². The highest BCUT2D eigenvalue weighted by atomic mass is 16.2. The number of amides is 1. The molecule has 0 aliphatic rings. The van der Waals surface area contributed by atoms with E-state index in [1.165, 1.54) is 32.1 Å². The third-order valence-corrected chi connectivity index (χ3v) is 3.09. The third kappa shape index (κ3) is 8.40. The second-order valence-corrected chi connectivity index (χ2v) is 4.95. The van der Waals surface area contributed by atoms with Crippen molar-refractivity contribution in [3.05, 3.63) is 30.1 Å². The normalized spacial score (nSPS) is 10.8. The number of carbonyl (C=O) groups is 1. The summed E-state index contributed by atoms with van der Waals surface area (Å²) in [7, 11) is 0. The molecule has 0 aliphatic heterocycles. The largest absolute Gasteiger partial charge is 0.273 e. The molecule has 1 heterocycles. The molecule has 0 unspecified atom stereocenters. The van der Waals surface area contributed by atoms with Gasteiger partial charge in [0, 0.05) is 24.4 Å². The number of hydrazone groups is 1. The lowest BCUT2D eigenvalue weighted by Gasteiger charge is -2.01. The van der Waals surface area contributed by atoms with Crippen LogP contribution in [0.3, 0.4) is 0 Å². The molecule has 110 valence electrons. The summed E-state index contributed by atoms with van der Waals surface area (Å²) in [5.74, 6) is -0.0151. The molecule has 0 atom stereocenters. The molecular formula is C16H25N3O. The molecule has 0 spiro atoms. The first-order valence-electron chi connectivity index (χ1n) is 7.55. The van der Waals surface area contributed by atoms with Crippen molar-refractivity contribution in [1.29, 1.82) is 0 Å². The molecule has 4 heteroatoms. The monoisotopic (exact) mass is 275 g/mol. The van der Waals surface area contributed by atoms with Crippen LogP contribution in [-0.2, 0) is 4.79 Å². The first kappa shape index (κ1) is 16.3. The molecule has 20 heavy (non-hydrogen) atoms. The van der Waals surface area contributed by atoms with Crippen LogP contribution in [0.4, 0.5) is 0 Å². The second kappa shape index (κ2) is 11.1. The Morgan fingerprint density at radius 1 is 1.25 bits per heavy atom. The maximum absolute atomic E-state index is 11.5. The summed E-state index contributed by atoms with van der Waals surface area (Å²) in [4.78, 5) is 15.5. The molecule has 1 rings (SSSR count). The summed E-state index contributed by atoms with van der Waals surface area (Å²) in [5, 5.41) is 3.92. The zero-order valence-corrected chi connectivity index (χ0v) is 12.3. The van der Waals surface area contributed by atoms with Crippen LogP contribution in [0.25, 0.3) is 0 Å². The summed E-state index contributed by atoms with van der Waals surface area (Å²) < 4.78 is 0. The molecule has 4 nitrogen and oxygen atoms in total. The molecular weight excluding hydrogens is 250 g/mol. The molecule has 0 fully saturated rings. The van der Waals surface area contributed by atoms with Gasteiger partial charge in [-0.05, 0) is 12.5 Å². The number of rotatable bonds is 10. The van der Waals surface area contributed by atoms with E-state index in [9.17, 15) is 4.79 Å². The summed E-state index contributed by atoms with van der Waals surface area (Å²) in [6.45, 7) is 2.22. The van der Waals surface area contributed by atoms with Gasteiger partial charge in [-0.1, -0.05) is 51.5 Å². The fourth-order valence-corrected chi connectivity index (χ4v) is 1.93. The first-order valence-corrected chi connectivity index (χ1v) is 7.55. The number of aromatic nitrogens is 1. The number of hydrogen-bond acceptors (Lipinski definition) is 3. The quantitative estimate of drug-likeness (QED) is 0.402. The van der Waals surface area contributed by atoms with Gasteiger partial charge in [0.25, 0.3) is 0 Å². The molecule has 0 saturated heterocycles. The fraction of sp³-hybridized carbons (Fsp3) is 0.562. The topological polar surface area (TPSA) is 54.4 Å². The van der Waals surface area contributed by atoms with Gasteiger partial charge in [-0.2, -0.15) is 5.10 Å². The fourth-order valence-electron chi connectivity index (χ4n) is 1.93. The maximum atomic E-state index is 11.5. The van der Waals surface area contributed by atoms with Crippen molar-refractivity contribution >= 4 is 12.1 Å². The molecule has 0 aromatic carbocycles. The van der Waals surface area contributed by atoms with E-state index in [-0.39, 0.29) is 5.91 Å². The number of unbranched alkanes of at least 4 members (excludes halogenated alkanes) is 6. The van der Waals surface area contributed by atoms with Crippen LogP contribution in [-0.4, -0.2) is 17.1 Å². The highest BCUT2D eigenvalue weighted by Gasteiger charge is 1.99. The number of carbonyl (C=O) groups excluding carboxylic acids is 1. The van der Waals surface area contributed by atoms with Gasteiger partial charge < -0.3 is 0 Å². The van der Waals surface area contributed by atoms with Crippen molar-refractivity contribution in [2.45, 2.75) is 58.3 Å². The summed E-state index contributed by atoms with van der Waals surface area (Å²) in [5.41, 5.74) is 3.42. The molecule has 0 bridgehead atoms. The summed E-state index contributed by atoms with van der Waals surface area (Å²) in [6.07, 6.45) is 14.1. The van der Waals surface area contributed by atoms with Gasteiger partial charge >= 0.3 is 0 Å². The Morgan fingerprint density at radius 2 is 2.00 bits per heavy atom. The van der Waals surface area contributed by atoms with Crippen LogP contribution in [0.2, 0.25) is 0 Å². The lowest BCUT2D eigenvalue weighted by atomic mass is 10.1. The maximum Gasteiger partial charge on any atom is 0.240 e. The van der Waals surface area contributed by atoms with E-state index in [4.69, 9.17) is 0 Å². The van der Waals surface area contributed by atoms with E-state index in [0.29, 0.717) is 6.42 Å². The van der Waals surface area contributed by atoms with Gasteiger partial charge in [-0.15, -0.1) is 0 Å². The molecule has 1 N–H and O–H groups in total. The number of hydrogen-bond donors (Lipinski definition) is 1. The SMILES string of the molecule is CCCCCCCCCC(=O)N/N=C/c1cccnc1. The number of pyridine rings is 1. The van der Waals surface area contributed by atoms with Crippen LogP contribution < -0.4 is 5.43 Å². The van der Waals surface area contributed by atoms with Gasteiger partial charge in [0.1, 0.15) is 0 Å². The second-order valence-electron chi connectivity index (χ2n) is 4.95. The minimum absolute atomic E-state index is 0.0151. The molecule has 0 radical (unpaired) electrons. The molecule has 0 saturated carbocycles. The predicted octanol–water partition coefficient (Wildman–Crippen LogP) is 3.67. The van der Waals surface area contributed by atoms with E-state index in [1.54, 1.807) is 18.6 Å². The van der Waals surface area contributed by atoms with Crippen LogP contribution in [0.15, 0.2) is 29.6 Å². The molecule has 1 aromatic heterocycles. The number of nitrogens with zero attached hydrogens (tertiary/aromatic N) is 2. The standard InChI is InChI=1S/C16H25N3O/c1-2-3-4-5-6-7-8-11-16(20)19-18-14-15-10-9-12-17-13-15/h9-10,12-14H,2-8,11H2,1H3,(H,19,20)/b18-14+. The molecule has 1 amide bonds. The average molecular weight is 275 g/mol. The van der Waals surface area contributed by atoms with Crippen molar-refractivity contribution in [2.24, 2.45) is 5.10 Å². The first-order chi connectivity index (χ1) is 9.83. The van der Waals surface area contributed by atoms with E-state index < -0.39 is 0 Å². The Bertz CT molecular complexity index is 390. The lowest BCUT2D eigenvalue weighted by molar-refractivity contribution is -0.121. The predicted molar refractivity (Wildman–Crippen MR) is 82.6 cm³/mol. The van der Waals surface area contributed by atoms with Gasteiger partial charge in [0.2, 0.25) is 5.91 Å². The van der Waals surface area contributed by atoms with Crippen LogP contribution in [0, 0.1) is 0 Å². The Kier molecular flexibility index (Phi) is 9.11. The Balaban J connectivity index is 2.02. The third-order valence-electron chi connectivity index (χ3n) is 3.09. The van der Waals surface area contributed by atoms with Gasteiger partial charge in [0.15, 0.2) is 0 Å². The molecule has 1 aromatic rings. The van der Waals surface area contributed by atoms with Crippen molar-refractivity contribution in [1.82, 2.24) is 10.4 Å². The van der Waals surface area contributed by atoms with Gasteiger partial charge in [-0.25, -0.2) is 5.43 Å². The average Bonchev–Trinajstić information content (AvgIpc) is 2.47. The molecule has 0 aliphatic carbocycles. The Hall–Kier alpha value is -1.71. The van der Waals surface area contributed by atoms with Crippen molar-refractivity contribution < 1.29 is 4.79 Å². The van der Waals surface area contributed by atoms with Gasteiger partial charge in [0.05, 0.1) is 6.21 Å². The van der Waals surface area contributed by atoms with E-state index in [2.05, 4.69) is 22.4 Å². The van der Waals surface area contributed by atoms with Crippen molar-refractivity contribution in [3.63, 3.8) is 0 Å². The van der Waals surface area contributed by atoms with Gasteiger partial charge in [-0.3, -0.25) is 9.78 Å². The Labute approximate surface area is 121 Å². The summed E-state index contributed by atoms with van der Waals surface area (Å²) >= 11 is 0. The zero-order chi connectivity index (χ0) is 14.5. The van der Waals surface area contributed by atoms with Crippen LogP contribution >= 0.6 is 0 Å². The highest BCUT2D eigenvalue weighted by Crippen LogP contribution is 2.08. The summed E-state index contributed by atoms with van der Waals surface area (Å²) in [6, 6.07) is 3.72. The van der Waals surface area contributed by atoms with Crippen LogP contribution in [0.1, 0.15) is 63.9 Å². The van der Waals surface area contributed by atoms with Crippen molar-refractivity contribution in [2.75, 3.05) is 0 Å². The minimum Gasteiger partial charge on any atom is -0.273 e. The Morgan fingerprint density at radius 3 is 2.70 bits per heavy atom. The van der Waals surface area contributed by atoms with Crippen molar-refractivity contribution in [3.8, 4) is 0 Å². The smallest absolute Gasteiger partial charge is 0.240 e. The minimum atomic E-state index is -0.0151. The zero-order valence-electron chi connectivity index (χ0n) is 12.3. The van der Waals surface area contributed by atoms with E-state index in [1.807, 2.05) is 12.1 Å². The van der Waals surface area contributed by atoms with E-state index in [0.717, 1.165) is 18.4 Å². The number of nitrogens with one attached hydrogen (secondary N) is 1. The lowest BCUT2D eigenvalue weighted by Crippen LogP contribution is -2.16. The highest BCUT2D eigenvalue weighted by molar-refractivity contribution is 5.81.